The van der Waals surface area contributed by atoms with Crippen LogP contribution in [0.3, 0.4) is 0 Å². The van der Waals surface area contributed by atoms with Crippen molar-refractivity contribution in [1.29, 1.82) is 0 Å². The minimum Gasteiger partial charge on any atom is -0.322 e. The number of amides is 1. The van der Waals surface area contributed by atoms with E-state index in [0.29, 0.717) is 32.9 Å². The van der Waals surface area contributed by atoms with E-state index in [1.54, 1.807) is 23.6 Å². The molecule has 42 heavy (non-hydrogen) atoms. The molecule has 216 valence electrons. The zero-order valence-electron chi connectivity index (χ0n) is 24.3. The Balaban J connectivity index is 1.55. The number of aliphatic imine (C=N–C) groups is 1. The van der Waals surface area contributed by atoms with Crippen molar-refractivity contribution in [2.75, 3.05) is 5.32 Å². The summed E-state index contributed by atoms with van der Waals surface area (Å²) in [7, 11) is 0. The van der Waals surface area contributed by atoms with E-state index in [1.165, 1.54) is 28.8 Å². The van der Waals surface area contributed by atoms with Crippen molar-refractivity contribution in [3.63, 3.8) is 0 Å². The van der Waals surface area contributed by atoms with Crippen LogP contribution < -0.4 is 5.32 Å². The van der Waals surface area contributed by atoms with Crippen molar-refractivity contribution in [1.82, 2.24) is 9.97 Å². The predicted octanol–water partition coefficient (Wildman–Crippen LogP) is 8.37. The molecule has 0 fully saturated rings. The molecule has 0 unspecified atom stereocenters. The van der Waals surface area contributed by atoms with Gasteiger partial charge < -0.3 is 5.32 Å². The number of nitro groups is 1. The van der Waals surface area contributed by atoms with Gasteiger partial charge in [-0.25, -0.2) is 15.0 Å². The second-order valence-electron chi connectivity index (χ2n) is 11.6. The average Bonchev–Trinajstić information content (AvgIpc) is 3.29. The minimum absolute atomic E-state index is 0.0392. The lowest BCUT2D eigenvalue weighted by Crippen LogP contribution is -2.27. The lowest BCUT2D eigenvalue weighted by molar-refractivity contribution is -0.384. The van der Waals surface area contributed by atoms with E-state index in [-0.39, 0.29) is 17.0 Å². The molecule has 0 spiro atoms. The van der Waals surface area contributed by atoms with E-state index in [4.69, 9.17) is 4.99 Å². The molecule has 1 aliphatic carbocycles. The van der Waals surface area contributed by atoms with E-state index in [9.17, 15) is 14.9 Å². The molecule has 0 radical (unpaired) electrons. The Labute approximate surface area is 253 Å². The van der Waals surface area contributed by atoms with Gasteiger partial charge in [0.15, 0.2) is 5.16 Å². The van der Waals surface area contributed by atoms with Crippen LogP contribution in [-0.2, 0) is 12.8 Å². The van der Waals surface area contributed by atoms with Crippen LogP contribution in [0.15, 0.2) is 69.6 Å². The van der Waals surface area contributed by atoms with E-state index >= 15 is 0 Å². The number of non-ortho nitro benzene ring substituents is 1. The van der Waals surface area contributed by atoms with Crippen molar-refractivity contribution in [3.8, 4) is 0 Å². The molecule has 5 rings (SSSR count). The van der Waals surface area contributed by atoms with Crippen LogP contribution >= 0.6 is 23.1 Å². The number of rotatable bonds is 7. The molecule has 1 N–H and O–H groups in total. The number of nitro benzene ring substituents is 1. The number of benzene rings is 2. The average molecular weight is 600 g/mol. The topological polar surface area (TPSA) is 110 Å². The number of hydrogen-bond donors (Lipinski definition) is 1. The van der Waals surface area contributed by atoms with Crippen LogP contribution in [-0.4, -0.2) is 27.0 Å². The molecule has 0 saturated heterocycles. The Hall–Kier alpha value is -3.89. The summed E-state index contributed by atoms with van der Waals surface area (Å²) in [5.74, 6) is 0.306. The monoisotopic (exact) mass is 599 g/mol. The molecular weight excluding hydrogens is 567 g/mol. The van der Waals surface area contributed by atoms with Crippen LogP contribution in [0.5, 0.6) is 0 Å². The Morgan fingerprint density at radius 2 is 1.83 bits per heavy atom. The molecule has 0 saturated carbocycles. The Morgan fingerprint density at radius 1 is 1.12 bits per heavy atom. The van der Waals surface area contributed by atoms with Crippen LogP contribution in [0.1, 0.15) is 64.9 Å². The van der Waals surface area contributed by atoms with Crippen LogP contribution in [0.2, 0.25) is 0 Å². The lowest BCUT2D eigenvalue weighted by atomic mass is 9.72. The molecule has 2 aromatic heterocycles. The normalized spacial score (nSPS) is 15.0. The summed E-state index contributed by atoms with van der Waals surface area (Å²) in [5, 5.41) is 15.8. The van der Waals surface area contributed by atoms with Gasteiger partial charge in [-0.3, -0.25) is 14.9 Å². The fraction of sp³-hybridized carbons (Fsp3) is 0.312. The SMILES string of the molecule is Cc1cc(C)nc(Sc2ccc([N+](=O)[O-])cc2C=Nc2sc3c(c2C(=O)Nc2ccccc2)CC[C@@H](C(C)(C)C)C3)n1. The maximum Gasteiger partial charge on any atom is 0.270 e. The molecule has 1 atom stereocenters. The number of carbonyl (C=O) groups is 1. The van der Waals surface area contributed by atoms with Gasteiger partial charge in [0.25, 0.3) is 11.6 Å². The molecule has 2 aromatic carbocycles. The maximum absolute atomic E-state index is 13.7. The summed E-state index contributed by atoms with van der Waals surface area (Å²) in [4.78, 5) is 40.7. The molecule has 4 aromatic rings. The first-order valence-corrected chi connectivity index (χ1v) is 15.4. The number of aryl methyl sites for hydroxylation is 2. The van der Waals surface area contributed by atoms with Gasteiger partial charge in [0, 0.05) is 50.8 Å². The fourth-order valence-electron chi connectivity index (χ4n) is 5.16. The molecule has 1 aliphatic rings. The van der Waals surface area contributed by atoms with Crippen LogP contribution in [0.4, 0.5) is 16.4 Å². The summed E-state index contributed by atoms with van der Waals surface area (Å²) >= 11 is 2.87. The first-order valence-electron chi connectivity index (χ1n) is 13.8. The van der Waals surface area contributed by atoms with Gasteiger partial charge in [-0.2, -0.15) is 0 Å². The van der Waals surface area contributed by atoms with Gasteiger partial charge >= 0.3 is 0 Å². The summed E-state index contributed by atoms with van der Waals surface area (Å²) in [5.41, 5.74) is 4.71. The standard InChI is InChI=1S/C32H33N5O3S2/c1-19-15-20(2)35-31(34-19)42-26-14-12-24(37(39)40)16-21(26)18-33-30-28(29(38)36-23-9-7-6-8-10-23)25-13-11-22(32(3,4)5)17-27(25)41-30/h6-10,12,14-16,18,22H,11,13,17H2,1-5H3,(H,36,38)/t22-/m1/s1. The zero-order valence-corrected chi connectivity index (χ0v) is 25.9. The first kappa shape index (κ1) is 29.6. The fourth-order valence-corrected chi connectivity index (χ4v) is 7.37. The van der Waals surface area contributed by atoms with Gasteiger partial charge in [-0.1, -0.05) is 39.0 Å². The van der Waals surface area contributed by atoms with Crippen LogP contribution in [0.25, 0.3) is 0 Å². The molecule has 1 amide bonds. The number of aromatic nitrogens is 2. The van der Waals surface area contributed by atoms with Crippen molar-refractivity contribution >= 4 is 51.6 Å². The van der Waals surface area contributed by atoms with Gasteiger partial charge in [0.1, 0.15) is 5.00 Å². The summed E-state index contributed by atoms with van der Waals surface area (Å²) in [6, 6.07) is 15.9. The molecule has 10 heteroatoms. The molecular formula is C32H33N5O3S2. The van der Waals surface area contributed by atoms with E-state index < -0.39 is 4.92 Å². The maximum atomic E-state index is 13.7. The molecule has 0 bridgehead atoms. The first-order chi connectivity index (χ1) is 20.0. The highest BCUT2D eigenvalue weighted by atomic mass is 32.2. The Kier molecular flexibility index (Phi) is 8.56. The Bertz CT molecular complexity index is 1660. The minimum atomic E-state index is -0.422. The predicted molar refractivity (Wildman–Crippen MR) is 170 cm³/mol. The number of nitrogens with one attached hydrogen (secondary N) is 1. The van der Waals surface area contributed by atoms with Gasteiger partial charge in [0.05, 0.1) is 10.5 Å². The lowest BCUT2D eigenvalue weighted by Gasteiger charge is -2.33. The largest absolute Gasteiger partial charge is 0.322 e. The third kappa shape index (κ3) is 6.77. The highest BCUT2D eigenvalue weighted by Crippen LogP contribution is 2.45. The highest BCUT2D eigenvalue weighted by molar-refractivity contribution is 7.99. The zero-order chi connectivity index (χ0) is 30.0. The molecule has 2 heterocycles. The second kappa shape index (κ2) is 12.1. The third-order valence-electron chi connectivity index (χ3n) is 7.42. The number of fused-ring (bicyclic) bond motifs is 1. The van der Waals surface area contributed by atoms with E-state index in [2.05, 4.69) is 36.1 Å². The molecule has 0 aliphatic heterocycles. The van der Waals surface area contributed by atoms with E-state index in [0.717, 1.165) is 41.1 Å². The number of para-hydroxylation sites is 1. The van der Waals surface area contributed by atoms with Gasteiger partial charge in [0.2, 0.25) is 0 Å². The number of nitrogens with zero attached hydrogens (tertiary/aromatic N) is 4. The quantitative estimate of drug-likeness (QED) is 0.0989. The summed E-state index contributed by atoms with van der Waals surface area (Å²) < 4.78 is 0. The van der Waals surface area contributed by atoms with Gasteiger partial charge in [-0.05, 0) is 86.0 Å². The Morgan fingerprint density at radius 3 is 2.50 bits per heavy atom. The summed E-state index contributed by atoms with van der Waals surface area (Å²) in [6.07, 6.45) is 4.33. The number of carbonyl (C=O) groups excluding carboxylic acids is 1. The van der Waals surface area contributed by atoms with E-state index in [1.807, 2.05) is 50.2 Å². The smallest absolute Gasteiger partial charge is 0.270 e. The summed E-state index contributed by atoms with van der Waals surface area (Å²) in [6.45, 7) is 10.6. The number of hydrogen-bond acceptors (Lipinski definition) is 8. The van der Waals surface area contributed by atoms with Crippen LogP contribution in [0, 0.1) is 35.3 Å². The van der Waals surface area contributed by atoms with Gasteiger partial charge in [-0.15, -0.1) is 11.3 Å². The second-order valence-corrected chi connectivity index (χ2v) is 13.7. The molecule has 8 nitrogen and oxygen atoms in total. The van der Waals surface area contributed by atoms with Crippen molar-refractivity contribution in [3.05, 3.63) is 97.7 Å². The van der Waals surface area contributed by atoms with Crippen molar-refractivity contribution in [2.24, 2.45) is 16.3 Å². The third-order valence-corrected chi connectivity index (χ3v) is 9.54. The van der Waals surface area contributed by atoms with Crippen molar-refractivity contribution in [2.45, 2.75) is 63.9 Å². The number of thiophene rings is 1. The van der Waals surface area contributed by atoms with Crippen molar-refractivity contribution < 1.29 is 9.72 Å². The highest BCUT2D eigenvalue weighted by Gasteiger charge is 2.33. The number of anilines is 1.